The molecule has 0 aliphatic carbocycles. The summed E-state index contributed by atoms with van der Waals surface area (Å²) in [4.78, 5) is 27.1. The lowest BCUT2D eigenvalue weighted by Gasteiger charge is -2.33. The first-order chi connectivity index (χ1) is 14.9. The Morgan fingerprint density at radius 3 is 2.68 bits per heavy atom. The second kappa shape index (κ2) is 8.89. The molecule has 0 unspecified atom stereocenters. The van der Waals surface area contributed by atoms with Crippen LogP contribution in [0.5, 0.6) is 0 Å². The number of halogens is 2. The van der Waals surface area contributed by atoms with Gasteiger partial charge in [0.15, 0.2) is 0 Å². The van der Waals surface area contributed by atoms with Crippen molar-refractivity contribution >= 4 is 29.0 Å². The van der Waals surface area contributed by atoms with Crippen LogP contribution in [-0.4, -0.2) is 28.8 Å². The van der Waals surface area contributed by atoms with E-state index in [1.54, 1.807) is 12.1 Å². The minimum atomic E-state index is -0.382. The van der Waals surface area contributed by atoms with Crippen molar-refractivity contribution in [1.29, 1.82) is 0 Å². The summed E-state index contributed by atoms with van der Waals surface area (Å²) in [5.74, 6) is -0.0780. The fourth-order valence-electron chi connectivity index (χ4n) is 3.65. The van der Waals surface area contributed by atoms with Crippen LogP contribution in [0.15, 0.2) is 59.4 Å². The van der Waals surface area contributed by atoms with E-state index in [-0.39, 0.29) is 23.2 Å². The molecule has 31 heavy (non-hydrogen) atoms. The van der Waals surface area contributed by atoms with E-state index in [0.717, 1.165) is 24.9 Å². The number of hydrogen-bond donors (Lipinski definition) is 1. The molecule has 1 atom stereocenters. The Balaban J connectivity index is 1.51. The van der Waals surface area contributed by atoms with Crippen molar-refractivity contribution in [2.24, 2.45) is 5.92 Å². The molecule has 1 aromatic heterocycles. The Hall–Kier alpha value is -3.19. The molecule has 2 heterocycles. The Labute approximate surface area is 184 Å². The maximum absolute atomic E-state index is 13.2. The average molecular weight is 441 g/mol. The highest BCUT2D eigenvalue weighted by molar-refractivity contribution is 6.31. The minimum Gasteiger partial charge on any atom is -0.354 e. The molecular formula is C23H22ClFN4O2. The normalized spacial score (nSPS) is 16.2. The number of hydrogen-bond acceptors (Lipinski definition) is 4. The lowest BCUT2D eigenvalue weighted by Crippen LogP contribution is -2.41. The van der Waals surface area contributed by atoms with Gasteiger partial charge >= 0.3 is 0 Å². The molecule has 1 saturated heterocycles. The second-order valence-electron chi connectivity index (χ2n) is 7.66. The van der Waals surface area contributed by atoms with Crippen LogP contribution in [0.3, 0.4) is 0 Å². The van der Waals surface area contributed by atoms with Gasteiger partial charge < -0.3 is 10.2 Å². The molecule has 3 aromatic rings. The number of nitrogens with zero attached hydrogens (tertiary/aromatic N) is 3. The second-order valence-corrected chi connectivity index (χ2v) is 8.06. The first kappa shape index (κ1) is 21.1. The number of carbonyl (C=O) groups excluding carboxylic acids is 1. The molecule has 1 fully saturated rings. The summed E-state index contributed by atoms with van der Waals surface area (Å²) in [6, 6.07) is 14.1. The summed E-state index contributed by atoms with van der Waals surface area (Å²) in [6.45, 7) is 3.13. The molecule has 160 valence electrons. The Bertz CT molecular complexity index is 1160. The number of carbonyl (C=O) groups is 1. The zero-order valence-corrected chi connectivity index (χ0v) is 17.8. The largest absolute Gasteiger partial charge is 0.354 e. The van der Waals surface area contributed by atoms with Crippen LogP contribution in [0.1, 0.15) is 18.4 Å². The zero-order valence-electron chi connectivity index (χ0n) is 17.0. The Kier molecular flexibility index (Phi) is 6.04. The maximum atomic E-state index is 13.2. The van der Waals surface area contributed by atoms with Gasteiger partial charge in [0.2, 0.25) is 5.91 Å². The fraction of sp³-hybridized carbons (Fsp3) is 0.261. The highest BCUT2D eigenvalue weighted by Crippen LogP contribution is 2.24. The topological polar surface area (TPSA) is 67.2 Å². The molecule has 0 spiro atoms. The van der Waals surface area contributed by atoms with Gasteiger partial charge in [-0.3, -0.25) is 9.59 Å². The molecule has 8 heteroatoms. The van der Waals surface area contributed by atoms with Gasteiger partial charge in [0.1, 0.15) is 11.6 Å². The van der Waals surface area contributed by atoms with Gasteiger partial charge in [0.25, 0.3) is 5.56 Å². The van der Waals surface area contributed by atoms with E-state index in [0.29, 0.717) is 28.8 Å². The molecule has 1 aliphatic rings. The number of rotatable bonds is 4. The molecule has 4 rings (SSSR count). The SMILES string of the molecule is Cc1ccc(NC(=O)[C@@H]2CCCN(c3ccc(=O)n(-c4ccc(F)cc4)n3)C2)cc1Cl. The first-order valence-electron chi connectivity index (χ1n) is 10.1. The van der Waals surface area contributed by atoms with Gasteiger partial charge in [0.05, 0.1) is 11.6 Å². The highest BCUT2D eigenvalue weighted by atomic mass is 35.5. The van der Waals surface area contributed by atoms with Crippen molar-refractivity contribution in [3.63, 3.8) is 0 Å². The number of anilines is 2. The van der Waals surface area contributed by atoms with Crippen molar-refractivity contribution in [3.8, 4) is 5.69 Å². The van der Waals surface area contributed by atoms with Crippen molar-refractivity contribution in [1.82, 2.24) is 9.78 Å². The molecule has 6 nitrogen and oxygen atoms in total. The van der Waals surface area contributed by atoms with Crippen LogP contribution in [0.25, 0.3) is 5.69 Å². The summed E-state index contributed by atoms with van der Waals surface area (Å²) >= 11 is 6.16. The van der Waals surface area contributed by atoms with Crippen molar-refractivity contribution in [3.05, 3.63) is 81.4 Å². The van der Waals surface area contributed by atoms with Gasteiger partial charge in [-0.05, 0) is 67.8 Å². The third-order valence-electron chi connectivity index (χ3n) is 5.41. The summed E-state index contributed by atoms with van der Waals surface area (Å²) in [7, 11) is 0. The number of aromatic nitrogens is 2. The van der Waals surface area contributed by atoms with E-state index in [4.69, 9.17) is 11.6 Å². The van der Waals surface area contributed by atoms with Gasteiger partial charge in [0, 0.05) is 29.9 Å². The van der Waals surface area contributed by atoms with E-state index in [9.17, 15) is 14.0 Å². The first-order valence-corrected chi connectivity index (χ1v) is 10.5. The molecule has 1 N–H and O–H groups in total. The third kappa shape index (κ3) is 4.77. The molecule has 1 amide bonds. The zero-order chi connectivity index (χ0) is 22.0. The van der Waals surface area contributed by atoms with Crippen LogP contribution in [0.2, 0.25) is 5.02 Å². The Morgan fingerprint density at radius 1 is 1.16 bits per heavy atom. The van der Waals surface area contributed by atoms with E-state index < -0.39 is 0 Å². The third-order valence-corrected chi connectivity index (χ3v) is 5.82. The summed E-state index contributed by atoms with van der Waals surface area (Å²) in [6.07, 6.45) is 1.59. The van der Waals surface area contributed by atoms with Crippen molar-refractivity contribution < 1.29 is 9.18 Å². The summed E-state index contributed by atoms with van der Waals surface area (Å²) in [5, 5.41) is 8.00. The van der Waals surface area contributed by atoms with Crippen LogP contribution in [0.4, 0.5) is 15.9 Å². The van der Waals surface area contributed by atoms with E-state index in [1.165, 1.54) is 35.0 Å². The quantitative estimate of drug-likeness (QED) is 0.660. The molecule has 0 radical (unpaired) electrons. The van der Waals surface area contributed by atoms with Crippen LogP contribution >= 0.6 is 11.6 Å². The smallest absolute Gasteiger partial charge is 0.271 e. The molecule has 0 bridgehead atoms. The fourth-order valence-corrected chi connectivity index (χ4v) is 3.83. The van der Waals surface area contributed by atoms with Crippen molar-refractivity contribution in [2.75, 3.05) is 23.3 Å². The number of piperidine rings is 1. The predicted molar refractivity (Wildman–Crippen MR) is 120 cm³/mol. The number of amides is 1. The molecular weight excluding hydrogens is 419 g/mol. The van der Waals surface area contributed by atoms with Crippen LogP contribution in [-0.2, 0) is 4.79 Å². The van der Waals surface area contributed by atoms with E-state index in [2.05, 4.69) is 10.4 Å². The molecule has 0 saturated carbocycles. The lowest BCUT2D eigenvalue weighted by molar-refractivity contribution is -0.120. The van der Waals surface area contributed by atoms with E-state index >= 15 is 0 Å². The standard InChI is InChI=1S/C23H22ClFN4O2/c1-15-4-7-18(13-20(15)24)26-23(31)16-3-2-12-28(14-16)21-10-11-22(30)29(27-21)19-8-5-17(25)6-9-19/h4-11,13,16H,2-3,12,14H2,1H3,(H,26,31)/t16-/m1/s1. The number of nitrogens with one attached hydrogen (secondary N) is 1. The van der Waals surface area contributed by atoms with E-state index in [1.807, 2.05) is 24.0 Å². The highest BCUT2D eigenvalue weighted by Gasteiger charge is 2.27. The van der Waals surface area contributed by atoms with Gasteiger partial charge in [-0.25, -0.2) is 4.39 Å². The van der Waals surface area contributed by atoms with Crippen molar-refractivity contribution in [2.45, 2.75) is 19.8 Å². The monoisotopic (exact) mass is 440 g/mol. The lowest BCUT2D eigenvalue weighted by atomic mass is 9.97. The van der Waals surface area contributed by atoms with Gasteiger partial charge in [-0.15, -0.1) is 5.10 Å². The maximum Gasteiger partial charge on any atom is 0.271 e. The molecule has 2 aromatic carbocycles. The minimum absolute atomic E-state index is 0.0727. The van der Waals surface area contributed by atoms with Gasteiger partial charge in [-0.1, -0.05) is 17.7 Å². The number of benzene rings is 2. The van der Waals surface area contributed by atoms with Gasteiger partial charge in [-0.2, -0.15) is 4.68 Å². The number of aryl methyl sites for hydroxylation is 1. The average Bonchev–Trinajstić information content (AvgIpc) is 2.77. The predicted octanol–water partition coefficient (Wildman–Crippen LogP) is 4.19. The Morgan fingerprint density at radius 2 is 1.94 bits per heavy atom. The summed E-state index contributed by atoms with van der Waals surface area (Å²) in [5.41, 5.74) is 1.79. The molecule has 1 aliphatic heterocycles. The summed E-state index contributed by atoms with van der Waals surface area (Å²) < 4.78 is 14.5. The van der Waals surface area contributed by atoms with Crippen LogP contribution < -0.4 is 15.8 Å². The van der Waals surface area contributed by atoms with Crippen LogP contribution in [0, 0.1) is 18.7 Å².